The zero-order valence-electron chi connectivity index (χ0n) is 17.4. The fourth-order valence-corrected chi connectivity index (χ4v) is 4.56. The highest BCUT2D eigenvalue weighted by atomic mass is 32.2. The van der Waals surface area contributed by atoms with Gasteiger partial charge in [0.2, 0.25) is 11.8 Å². The Hall–Kier alpha value is -2.86. The molecular formula is C24H25N3O2S. The second kappa shape index (κ2) is 8.11. The van der Waals surface area contributed by atoms with Crippen LogP contribution >= 0.6 is 11.8 Å². The number of rotatable bonds is 3. The smallest absolute Gasteiger partial charge is 0.247 e. The molecule has 2 aromatic carbocycles. The molecule has 0 radical (unpaired) electrons. The number of pyridine rings is 1. The van der Waals surface area contributed by atoms with Crippen molar-refractivity contribution in [2.75, 3.05) is 5.75 Å². The zero-order valence-corrected chi connectivity index (χ0v) is 18.2. The molecule has 2 amide bonds. The van der Waals surface area contributed by atoms with Crippen molar-refractivity contribution in [1.82, 2.24) is 15.2 Å². The van der Waals surface area contributed by atoms with Crippen LogP contribution in [0.5, 0.6) is 0 Å². The van der Waals surface area contributed by atoms with E-state index < -0.39 is 11.6 Å². The van der Waals surface area contributed by atoms with Gasteiger partial charge in [-0.1, -0.05) is 60.3 Å². The number of hydrogen-bond acceptors (Lipinski definition) is 4. The highest BCUT2D eigenvalue weighted by molar-refractivity contribution is 8.00. The summed E-state index contributed by atoms with van der Waals surface area (Å²) < 4.78 is 0. The van der Waals surface area contributed by atoms with E-state index in [1.807, 2.05) is 81.4 Å². The lowest BCUT2D eigenvalue weighted by atomic mass is 10.0. The molecule has 5 nitrogen and oxygen atoms in total. The monoisotopic (exact) mass is 419 g/mol. The Labute approximate surface area is 180 Å². The molecule has 1 aromatic heterocycles. The number of aromatic nitrogens is 1. The summed E-state index contributed by atoms with van der Waals surface area (Å²) in [6.45, 7) is 6.20. The van der Waals surface area contributed by atoms with Gasteiger partial charge in [-0.15, -0.1) is 0 Å². The first-order valence-electron chi connectivity index (χ1n) is 10.00. The maximum absolute atomic E-state index is 13.5. The maximum atomic E-state index is 13.5. The quantitative estimate of drug-likeness (QED) is 0.687. The van der Waals surface area contributed by atoms with E-state index in [9.17, 15) is 9.59 Å². The van der Waals surface area contributed by atoms with E-state index in [-0.39, 0.29) is 17.6 Å². The largest absolute Gasteiger partial charge is 0.349 e. The number of hydrogen-bond donors (Lipinski definition) is 1. The van der Waals surface area contributed by atoms with Crippen LogP contribution in [0, 0.1) is 0 Å². The van der Waals surface area contributed by atoms with Crippen molar-refractivity contribution in [2.45, 2.75) is 43.9 Å². The molecule has 2 heterocycles. The van der Waals surface area contributed by atoms with Gasteiger partial charge in [0.25, 0.3) is 0 Å². The molecule has 0 aliphatic carbocycles. The molecule has 3 aromatic rings. The molecule has 1 unspecified atom stereocenters. The van der Waals surface area contributed by atoms with E-state index in [0.29, 0.717) is 6.54 Å². The first-order chi connectivity index (χ1) is 14.3. The second-order valence-electron chi connectivity index (χ2n) is 8.51. The second-order valence-corrected chi connectivity index (χ2v) is 9.48. The van der Waals surface area contributed by atoms with Crippen LogP contribution in [0.25, 0.3) is 10.9 Å². The van der Waals surface area contributed by atoms with E-state index in [1.54, 1.807) is 4.90 Å². The topological polar surface area (TPSA) is 62.3 Å². The summed E-state index contributed by atoms with van der Waals surface area (Å²) in [6.07, 6.45) is 0. The van der Waals surface area contributed by atoms with Crippen LogP contribution in [0.3, 0.4) is 0 Å². The number of carbonyl (C=O) groups excluding carboxylic acids is 2. The molecule has 1 aliphatic heterocycles. The SMILES string of the molecule is CC(C)(C)NC(=O)C1c2cc3ccccc3nc2SCC(=O)N1Cc1ccccc1. The predicted octanol–water partition coefficient (Wildman–Crippen LogP) is 4.33. The lowest BCUT2D eigenvalue weighted by molar-refractivity contribution is -0.140. The van der Waals surface area contributed by atoms with Crippen molar-refractivity contribution in [2.24, 2.45) is 0 Å². The summed E-state index contributed by atoms with van der Waals surface area (Å²) in [5.41, 5.74) is 2.22. The lowest BCUT2D eigenvalue weighted by Gasteiger charge is -2.32. The van der Waals surface area contributed by atoms with Gasteiger partial charge in [0.15, 0.2) is 0 Å². The Bertz CT molecular complexity index is 1090. The minimum absolute atomic E-state index is 0.0695. The van der Waals surface area contributed by atoms with E-state index in [1.165, 1.54) is 11.8 Å². The van der Waals surface area contributed by atoms with Gasteiger partial charge in [0, 0.05) is 23.0 Å². The molecule has 4 rings (SSSR count). The number of nitrogens with one attached hydrogen (secondary N) is 1. The first-order valence-corrected chi connectivity index (χ1v) is 11.0. The average Bonchev–Trinajstić information content (AvgIpc) is 2.83. The van der Waals surface area contributed by atoms with Gasteiger partial charge in [-0.3, -0.25) is 9.59 Å². The Morgan fingerprint density at radius 1 is 1.13 bits per heavy atom. The number of fused-ring (bicyclic) bond motifs is 2. The van der Waals surface area contributed by atoms with E-state index in [0.717, 1.165) is 27.1 Å². The van der Waals surface area contributed by atoms with Crippen molar-refractivity contribution in [3.8, 4) is 0 Å². The van der Waals surface area contributed by atoms with Gasteiger partial charge in [-0.2, -0.15) is 0 Å². The molecule has 154 valence electrons. The molecule has 1 N–H and O–H groups in total. The van der Waals surface area contributed by atoms with Crippen LogP contribution < -0.4 is 5.32 Å². The van der Waals surface area contributed by atoms with Crippen molar-refractivity contribution < 1.29 is 9.59 Å². The first kappa shape index (κ1) is 20.4. The highest BCUT2D eigenvalue weighted by Crippen LogP contribution is 2.37. The molecule has 0 spiro atoms. The Morgan fingerprint density at radius 3 is 2.57 bits per heavy atom. The van der Waals surface area contributed by atoms with Gasteiger partial charge in [0.05, 0.1) is 11.3 Å². The third kappa shape index (κ3) is 4.33. The van der Waals surface area contributed by atoms with E-state index in [2.05, 4.69) is 5.32 Å². The summed E-state index contributed by atoms with van der Waals surface area (Å²) in [4.78, 5) is 33.1. The molecule has 0 saturated carbocycles. The fourth-order valence-electron chi connectivity index (χ4n) is 3.63. The van der Waals surface area contributed by atoms with Crippen molar-refractivity contribution in [1.29, 1.82) is 0 Å². The number of amides is 2. The third-order valence-corrected chi connectivity index (χ3v) is 5.91. The number of nitrogens with zero attached hydrogens (tertiary/aromatic N) is 2. The molecule has 0 bridgehead atoms. The van der Waals surface area contributed by atoms with Gasteiger partial charge < -0.3 is 10.2 Å². The number of thioether (sulfide) groups is 1. The molecule has 1 atom stereocenters. The fraction of sp³-hybridized carbons (Fsp3) is 0.292. The van der Waals surface area contributed by atoms with Crippen LogP contribution in [0.4, 0.5) is 0 Å². The molecule has 30 heavy (non-hydrogen) atoms. The summed E-state index contributed by atoms with van der Waals surface area (Å²) >= 11 is 1.40. The summed E-state index contributed by atoms with van der Waals surface area (Å²) in [5.74, 6) is -0.00243. The Balaban J connectivity index is 1.84. The Kier molecular flexibility index (Phi) is 5.52. The van der Waals surface area contributed by atoms with Crippen molar-refractivity contribution >= 4 is 34.5 Å². The number of carbonyl (C=O) groups is 2. The molecular weight excluding hydrogens is 394 g/mol. The highest BCUT2D eigenvalue weighted by Gasteiger charge is 2.37. The standard InChI is InChI=1S/C24H25N3O2S/c1-24(2,3)26-22(29)21-18-13-17-11-7-8-12-19(17)25-23(18)30-15-20(28)27(21)14-16-9-5-4-6-10-16/h4-13,21H,14-15H2,1-3H3,(H,26,29). The van der Waals surface area contributed by atoms with Gasteiger partial charge in [-0.25, -0.2) is 4.98 Å². The lowest BCUT2D eigenvalue weighted by Crippen LogP contribution is -2.49. The normalized spacial score (nSPS) is 16.8. The van der Waals surface area contributed by atoms with E-state index in [4.69, 9.17) is 4.98 Å². The van der Waals surface area contributed by atoms with Crippen molar-refractivity contribution in [3.63, 3.8) is 0 Å². The molecule has 1 aliphatic rings. The molecule has 6 heteroatoms. The zero-order chi connectivity index (χ0) is 21.3. The van der Waals surface area contributed by atoms with Crippen LogP contribution in [0.15, 0.2) is 65.7 Å². The molecule has 0 saturated heterocycles. The number of benzene rings is 2. The maximum Gasteiger partial charge on any atom is 0.247 e. The van der Waals surface area contributed by atoms with Crippen molar-refractivity contribution in [3.05, 3.63) is 71.8 Å². The summed E-state index contributed by atoms with van der Waals surface area (Å²) in [7, 11) is 0. The minimum Gasteiger partial charge on any atom is -0.349 e. The molecule has 0 fully saturated rings. The summed E-state index contributed by atoms with van der Waals surface area (Å²) in [6, 6.07) is 18.9. The third-order valence-electron chi connectivity index (χ3n) is 4.92. The number of para-hydroxylation sites is 1. The van der Waals surface area contributed by atoms with Gasteiger partial charge >= 0.3 is 0 Å². The Morgan fingerprint density at radius 2 is 1.83 bits per heavy atom. The van der Waals surface area contributed by atoms with Crippen LogP contribution in [-0.2, 0) is 16.1 Å². The van der Waals surface area contributed by atoms with Gasteiger partial charge in [0.1, 0.15) is 11.1 Å². The van der Waals surface area contributed by atoms with Crippen LogP contribution in [0.2, 0.25) is 0 Å². The average molecular weight is 420 g/mol. The summed E-state index contributed by atoms with van der Waals surface area (Å²) in [5, 5.41) is 4.77. The van der Waals surface area contributed by atoms with E-state index >= 15 is 0 Å². The predicted molar refractivity (Wildman–Crippen MR) is 120 cm³/mol. The van der Waals surface area contributed by atoms with Gasteiger partial charge in [-0.05, 0) is 38.5 Å². The van der Waals surface area contributed by atoms with Crippen LogP contribution in [0.1, 0.15) is 37.9 Å². The minimum atomic E-state index is -0.737. The van der Waals surface area contributed by atoms with Crippen LogP contribution in [-0.4, -0.2) is 33.0 Å².